The van der Waals surface area contributed by atoms with Crippen molar-refractivity contribution in [2.75, 3.05) is 34.4 Å². The highest BCUT2D eigenvalue weighted by Gasteiger charge is 2.31. The fourth-order valence-corrected chi connectivity index (χ4v) is 3.65. The van der Waals surface area contributed by atoms with Crippen molar-refractivity contribution in [3.05, 3.63) is 22.2 Å². The van der Waals surface area contributed by atoms with E-state index in [4.69, 9.17) is 15.2 Å². The molecule has 0 spiro atoms. The Morgan fingerprint density at radius 2 is 1.95 bits per heavy atom. The van der Waals surface area contributed by atoms with Gasteiger partial charge < -0.3 is 15.2 Å². The molecule has 112 valence electrons. The third kappa shape index (κ3) is 2.95. The van der Waals surface area contributed by atoms with Crippen molar-refractivity contribution in [1.82, 2.24) is 4.90 Å². The lowest BCUT2D eigenvalue weighted by Crippen LogP contribution is -2.39. The van der Waals surface area contributed by atoms with E-state index >= 15 is 0 Å². The van der Waals surface area contributed by atoms with Gasteiger partial charge in [-0.2, -0.15) is 0 Å². The van der Waals surface area contributed by atoms with E-state index in [1.807, 2.05) is 6.07 Å². The van der Waals surface area contributed by atoms with Crippen molar-refractivity contribution >= 4 is 15.9 Å². The Kier molecular flexibility index (Phi) is 5.29. The molecule has 0 aromatic heterocycles. The maximum absolute atomic E-state index is 5.97. The summed E-state index contributed by atoms with van der Waals surface area (Å²) in [5.74, 6) is 1.98. The normalized spacial score (nSPS) is 23.6. The van der Waals surface area contributed by atoms with Crippen LogP contribution < -0.4 is 15.2 Å². The molecular formula is C15H23BrN2O2. The highest BCUT2D eigenvalue weighted by Crippen LogP contribution is 2.42. The van der Waals surface area contributed by atoms with E-state index in [0.717, 1.165) is 22.5 Å². The summed E-state index contributed by atoms with van der Waals surface area (Å²) in [5, 5.41) is 0. The number of nitrogens with zero attached hydrogens (tertiary/aromatic N) is 1. The van der Waals surface area contributed by atoms with Crippen LogP contribution in [0, 0.1) is 5.92 Å². The minimum atomic E-state index is 0.322. The van der Waals surface area contributed by atoms with Crippen LogP contribution in [0.1, 0.15) is 24.4 Å². The predicted molar refractivity (Wildman–Crippen MR) is 84.4 cm³/mol. The van der Waals surface area contributed by atoms with E-state index in [1.54, 1.807) is 14.2 Å². The molecule has 0 saturated carbocycles. The third-order valence-corrected chi connectivity index (χ3v) is 4.82. The number of rotatable bonds is 4. The second-order valence-electron chi connectivity index (χ2n) is 5.29. The molecule has 2 rings (SSSR count). The number of benzene rings is 1. The molecule has 2 unspecified atom stereocenters. The number of likely N-dealkylation sites (tertiary alicyclic amines) is 1. The van der Waals surface area contributed by atoms with Gasteiger partial charge in [-0.3, -0.25) is 4.90 Å². The van der Waals surface area contributed by atoms with Gasteiger partial charge in [0.25, 0.3) is 0 Å². The van der Waals surface area contributed by atoms with Crippen LogP contribution in [0.15, 0.2) is 16.6 Å². The van der Waals surface area contributed by atoms with Crippen LogP contribution in [0.5, 0.6) is 11.5 Å². The van der Waals surface area contributed by atoms with Gasteiger partial charge in [0, 0.05) is 10.5 Å². The summed E-state index contributed by atoms with van der Waals surface area (Å²) in [4.78, 5) is 2.38. The summed E-state index contributed by atoms with van der Waals surface area (Å²) in [7, 11) is 5.48. The maximum Gasteiger partial charge on any atom is 0.161 e. The fourth-order valence-electron chi connectivity index (χ4n) is 3.09. The van der Waals surface area contributed by atoms with Gasteiger partial charge >= 0.3 is 0 Å². The summed E-state index contributed by atoms with van der Waals surface area (Å²) < 4.78 is 11.8. The first-order valence-corrected chi connectivity index (χ1v) is 7.73. The molecule has 1 aromatic carbocycles. The molecule has 1 fully saturated rings. The van der Waals surface area contributed by atoms with Crippen LogP contribution in [-0.4, -0.2) is 39.3 Å². The Morgan fingerprint density at radius 1 is 1.30 bits per heavy atom. The van der Waals surface area contributed by atoms with Gasteiger partial charge in [-0.05, 0) is 56.6 Å². The second-order valence-corrected chi connectivity index (χ2v) is 6.15. The number of hydrogen-bond acceptors (Lipinski definition) is 4. The van der Waals surface area contributed by atoms with Crippen LogP contribution in [-0.2, 0) is 0 Å². The zero-order valence-corrected chi connectivity index (χ0v) is 13.9. The van der Waals surface area contributed by atoms with Crippen molar-refractivity contribution in [1.29, 1.82) is 0 Å². The van der Waals surface area contributed by atoms with Gasteiger partial charge in [-0.15, -0.1) is 0 Å². The number of nitrogens with two attached hydrogens (primary N) is 1. The number of piperidine rings is 1. The van der Waals surface area contributed by atoms with E-state index in [1.165, 1.54) is 18.4 Å². The summed E-state index contributed by atoms with van der Waals surface area (Å²) >= 11 is 3.67. The summed E-state index contributed by atoms with van der Waals surface area (Å²) in [6, 6.07) is 4.37. The number of methoxy groups -OCH3 is 2. The lowest BCUT2D eigenvalue weighted by molar-refractivity contribution is 0.124. The first-order valence-electron chi connectivity index (χ1n) is 6.94. The Bertz CT molecular complexity index is 467. The summed E-state index contributed by atoms with van der Waals surface area (Å²) in [6.45, 7) is 1.80. The van der Waals surface area contributed by atoms with E-state index < -0.39 is 0 Å². The SMILES string of the molecule is COc1cc(Br)c(C2C(CN)CCCN2C)cc1OC. The molecule has 20 heavy (non-hydrogen) atoms. The smallest absolute Gasteiger partial charge is 0.161 e. The topological polar surface area (TPSA) is 47.7 Å². The summed E-state index contributed by atoms with van der Waals surface area (Å²) in [6.07, 6.45) is 2.38. The quantitative estimate of drug-likeness (QED) is 0.913. The minimum absolute atomic E-state index is 0.322. The fraction of sp³-hybridized carbons (Fsp3) is 0.600. The van der Waals surface area contributed by atoms with Gasteiger partial charge in [-0.1, -0.05) is 15.9 Å². The molecule has 1 aromatic rings. The van der Waals surface area contributed by atoms with Crippen LogP contribution in [0.25, 0.3) is 0 Å². The predicted octanol–water partition coefficient (Wildman–Crippen LogP) is 2.81. The van der Waals surface area contributed by atoms with Gasteiger partial charge in [0.2, 0.25) is 0 Å². The lowest BCUT2D eigenvalue weighted by Gasteiger charge is -2.39. The third-order valence-electron chi connectivity index (χ3n) is 4.13. The van der Waals surface area contributed by atoms with Crippen LogP contribution in [0.3, 0.4) is 0 Å². The van der Waals surface area contributed by atoms with Crippen LogP contribution in [0.2, 0.25) is 0 Å². The van der Waals surface area contributed by atoms with E-state index in [-0.39, 0.29) is 0 Å². The number of hydrogen-bond donors (Lipinski definition) is 1. The molecule has 0 bridgehead atoms. The highest BCUT2D eigenvalue weighted by molar-refractivity contribution is 9.10. The molecule has 1 aliphatic rings. The molecule has 0 aliphatic carbocycles. The molecule has 4 nitrogen and oxygen atoms in total. The first-order chi connectivity index (χ1) is 9.62. The van der Waals surface area contributed by atoms with Crippen molar-refractivity contribution in [3.63, 3.8) is 0 Å². The largest absolute Gasteiger partial charge is 0.493 e. The van der Waals surface area contributed by atoms with Crippen molar-refractivity contribution in [2.24, 2.45) is 11.7 Å². The molecule has 0 amide bonds. The van der Waals surface area contributed by atoms with Crippen LogP contribution in [0.4, 0.5) is 0 Å². The lowest BCUT2D eigenvalue weighted by atomic mass is 9.85. The molecular weight excluding hydrogens is 320 g/mol. The standard InChI is InChI=1S/C15H23BrN2O2/c1-18-6-4-5-10(9-17)15(18)11-7-13(19-2)14(20-3)8-12(11)16/h7-8,10,15H,4-6,9,17H2,1-3H3. The Morgan fingerprint density at radius 3 is 2.55 bits per heavy atom. The van der Waals surface area contributed by atoms with Crippen molar-refractivity contribution in [3.8, 4) is 11.5 Å². The molecule has 2 atom stereocenters. The Balaban J connectivity index is 2.44. The monoisotopic (exact) mass is 342 g/mol. The minimum Gasteiger partial charge on any atom is -0.493 e. The molecule has 1 heterocycles. The van der Waals surface area contributed by atoms with Gasteiger partial charge in [0.05, 0.1) is 14.2 Å². The second kappa shape index (κ2) is 6.78. The zero-order valence-electron chi connectivity index (χ0n) is 12.4. The Labute approximate surface area is 129 Å². The first kappa shape index (κ1) is 15.6. The van der Waals surface area contributed by atoms with Crippen LogP contribution >= 0.6 is 15.9 Å². The zero-order chi connectivity index (χ0) is 14.7. The molecule has 0 radical (unpaired) electrons. The number of halogens is 1. The van der Waals surface area contributed by atoms with E-state index in [0.29, 0.717) is 18.5 Å². The molecule has 1 aliphatic heterocycles. The Hall–Kier alpha value is -0.780. The van der Waals surface area contributed by atoms with Gasteiger partial charge in [-0.25, -0.2) is 0 Å². The van der Waals surface area contributed by atoms with Gasteiger partial charge in [0.15, 0.2) is 11.5 Å². The highest BCUT2D eigenvalue weighted by atomic mass is 79.9. The molecule has 2 N–H and O–H groups in total. The van der Waals surface area contributed by atoms with E-state index in [2.05, 4.69) is 33.9 Å². The van der Waals surface area contributed by atoms with E-state index in [9.17, 15) is 0 Å². The molecule has 1 saturated heterocycles. The average Bonchev–Trinajstić information content (AvgIpc) is 2.47. The van der Waals surface area contributed by atoms with Crippen molar-refractivity contribution < 1.29 is 9.47 Å². The average molecular weight is 343 g/mol. The van der Waals surface area contributed by atoms with Crippen molar-refractivity contribution in [2.45, 2.75) is 18.9 Å². The number of ether oxygens (including phenoxy) is 2. The molecule has 5 heteroatoms. The maximum atomic E-state index is 5.97. The summed E-state index contributed by atoms with van der Waals surface area (Å²) in [5.41, 5.74) is 7.19. The van der Waals surface area contributed by atoms with Gasteiger partial charge in [0.1, 0.15) is 0 Å².